The number of carbonyl (C=O) groups is 1. The summed E-state index contributed by atoms with van der Waals surface area (Å²) < 4.78 is 6.30. The first-order valence-corrected chi connectivity index (χ1v) is 9.00. The Labute approximate surface area is 154 Å². The zero-order chi connectivity index (χ0) is 18.3. The molecule has 0 saturated carbocycles. The summed E-state index contributed by atoms with van der Waals surface area (Å²) in [5.74, 6) is 0.504. The number of carbonyl (C=O) groups excluding carboxylic acids is 1. The highest BCUT2D eigenvalue weighted by Crippen LogP contribution is 2.32. The van der Waals surface area contributed by atoms with Crippen molar-refractivity contribution in [2.45, 2.75) is 13.8 Å². The number of hydrogen-bond acceptors (Lipinski definition) is 5. The lowest BCUT2D eigenvalue weighted by Crippen LogP contribution is -2.13. The highest BCUT2D eigenvalue weighted by molar-refractivity contribution is 7.22. The van der Waals surface area contributed by atoms with Crippen molar-refractivity contribution >= 4 is 43.5 Å². The summed E-state index contributed by atoms with van der Waals surface area (Å²) in [6.45, 7) is 3.89. The first kappa shape index (κ1) is 16.5. The standard InChI is InChI=1S/C20H17N3O2S/c1-11-7-8-15-13(9-11)14(10-12(2)21-15)19(24)23-20-22-18-16(25-3)5-4-6-17(18)26-20/h4-10H,1-3H3,(H,22,23,24). The number of pyridine rings is 1. The van der Waals surface area contributed by atoms with Crippen LogP contribution in [0.3, 0.4) is 0 Å². The van der Waals surface area contributed by atoms with E-state index < -0.39 is 0 Å². The van der Waals surface area contributed by atoms with Gasteiger partial charge in [-0.25, -0.2) is 4.98 Å². The van der Waals surface area contributed by atoms with Crippen LogP contribution in [0.25, 0.3) is 21.1 Å². The predicted octanol–water partition coefficient (Wildman–Crippen LogP) is 4.72. The second-order valence-electron chi connectivity index (χ2n) is 6.11. The molecule has 0 atom stereocenters. The van der Waals surface area contributed by atoms with Crippen LogP contribution >= 0.6 is 11.3 Å². The second-order valence-corrected chi connectivity index (χ2v) is 7.14. The van der Waals surface area contributed by atoms with Crippen molar-refractivity contribution < 1.29 is 9.53 Å². The third kappa shape index (κ3) is 2.88. The van der Waals surface area contributed by atoms with Crippen LogP contribution in [0.15, 0.2) is 42.5 Å². The molecule has 4 aromatic rings. The number of aryl methyl sites for hydroxylation is 2. The zero-order valence-electron chi connectivity index (χ0n) is 14.7. The molecule has 0 aliphatic heterocycles. The van der Waals surface area contributed by atoms with Crippen LogP contribution < -0.4 is 10.1 Å². The average Bonchev–Trinajstić information content (AvgIpc) is 3.03. The van der Waals surface area contributed by atoms with Crippen LogP contribution in [0.5, 0.6) is 5.75 Å². The molecule has 0 fully saturated rings. The van der Waals surface area contributed by atoms with Gasteiger partial charge in [-0.3, -0.25) is 15.1 Å². The minimum Gasteiger partial charge on any atom is -0.494 e. The summed E-state index contributed by atoms with van der Waals surface area (Å²) >= 11 is 1.42. The molecule has 0 aliphatic rings. The quantitative estimate of drug-likeness (QED) is 0.572. The molecule has 130 valence electrons. The lowest BCUT2D eigenvalue weighted by molar-refractivity contribution is 0.102. The van der Waals surface area contributed by atoms with Crippen LogP contribution in [0.1, 0.15) is 21.6 Å². The second kappa shape index (κ2) is 6.38. The van der Waals surface area contributed by atoms with Gasteiger partial charge in [-0.15, -0.1) is 0 Å². The lowest BCUT2D eigenvalue weighted by Gasteiger charge is -2.08. The van der Waals surface area contributed by atoms with E-state index in [1.165, 1.54) is 11.3 Å². The van der Waals surface area contributed by atoms with Gasteiger partial charge in [-0.05, 0) is 44.2 Å². The number of aromatic nitrogens is 2. The van der Waals surface area contributed by atoms with Crippen LogP contribution in [0, 0.1) is 13.8 Å². The molecule has 0 bridgehead atoms. The first-order valence-electron chi connectivity index (χ1n) is 8.18. The molecule has 2 heterocycles. The number of thiazole rings is 1. The number of para-hydroxylation sites is 1. The molecule has 0 saturated heterocycles. The number of methoxy groups -OCH3 is 1. The van der Waals surface area contributed by atoms with Crippen molar-refractivity contribution in [1.29, 1.82) is 0 Å². The number of nitrogens with zero attached hydrogens (tertiary/aromatic N) is 2. The van der Waals surface area contributed by atoms with Crippen molar-refractivity contribution in [1.82, 2.24) is 9.97 Å². The first-order chi connectivity index (χ1) is 12.5. The van der Waals surface area contributed by atoms with E-state index in [1.54, 1.807) is 7.11 Å². The van der Waals surface area contributed by atoms with E-state index in [-0.39, 0.29) is 5.91 Å². The number of ether oxygens (including phenoxy) is 1. The van der Waals surface area contributed by atoms with E-state index in [1.807, 2.05) is 56.3 Å². The SMILES string of the molecule is COc1cccc2sc(NC(=O)c3cc(C)nc4ccc(C)cc34)nc12. The molecular formula is C20H17N3O2S. The summed E-state index contributed by atoms with van der Waals surface area (Å²) in [7, 11) is 1.61. The van der Waals surface area contributed by atoms with Crippen LogP contribution in [0.2, 0.25) is 0 Å². The molecule has 5 nitrogen and oxygen atoms in total. The van der Waals surface area contributed by atoms with Gasteiger partial charge in [-0.2, -0.15) is 0 Å². The number of amides is 1. The third-order valence-corrected chi connectivity index (χ3v) is 5.10. The van der Waals surface area contributed by atoms with Gasteiger partial charge in [0.05, 0.1) is 22.9 Å². The fraction of sp³-hybridized carbons (Fsp3) is 0.150. The molecule has 2 aromatic carbocycles. The maximum atomic E-state index is 12.9. The molecule has 26 heavy (non-hydrogen) atoms. The van der Waals surface area contributed by atoms with Gasteiger partial charge >= 0.3 is 0 Å². The van der Waals surface area contributed by atoms with Gasteiger partial charge in [0.25, 0.3) is 5.91 Å². The molecule has 2 aromatic heterocycles. The Hall–Kier alpha value is -2.99. The van der Waals surface area contributed by atoms with E-state index in [2.05, 4.69) is 15.3 Å². The lowest BCUT2D eigenvalue weighted by atomic mass is 10.0. The highest BCUT2D eigenvalue weighted by atomic mass is 32.1. The van der Waals surface area contributed by atoms with Crippen molar-refractivity contribution in [3.63, 3.8) is 0 Å². The van der Waals surface area contributed by atoms with Gasteiger partial charge in [-0.1, -0.05) is 29.0 Å². The van der Waals surface area contributed by atoms with Crippen molar-refractivity contribution in [3.05, 3.63) is 59.3 Å². The van der Waals surface area contributed by atoms with Gasteiger partial charge in [0.15, 0.2) is 5.13 Å². The van der Waals surface area contributed by atoms with Crippen molar-refractivity contribution in [2.24, 2.45) is 0 Å². The fourth-order valence-corrected chi connectivity index (χ4v) is 3.84. The molecule has 6 heteroatoms. The molecule has 0 spiro atoms. The monoisotopic (exact) mass is 363 g/mol. The average molecular weight is 363 g/mol. The van der Waals surface area contributed by atoms with E-state index in [4.69, 9.17) is 4.74 Å². The molecule has 4 rings (SSSR count). The van der Waals surface area contributed by atoms with Gasteiger partial charge < -0.3 is 4.74 Å². The minimum atomic E-state index is -0.191. The predicted molar refractivity (Wildman–Crippen MR) is 105 cm³/mol. The van der Waals surface area contributed by atoms with Crippen molar-refractivity contribution in [3.8, 4) is 5.75 Å². The number of hydrogen-bond donors (Lipinski definition) is 1. The Balaban J connectivity index is 1.75. The summed E-state index contributed by atoms with van der Waals surface area (Å²) in [4.78, 5) is 21.9. The molecular weight excluding hydrogens is 346 g/mol. The molecule has 0 radical (unpaired) electrons. The number of nitrogens with one attached hydrogen (secondary N) is 1. The maximum Gasteiger partial charge on any atom is 0.258 e. The fourth-order valence-electron chi connectivity index (χ4n) is 2.97. The Morgan fingerprint density at radius 2 is 1.96 bits per heavy atom. The zero-order valence-corrected chi connectivity index (χ0v) is 15.5. The Bertz CT molecular complexity index is 1150. The van der Waals surface area contributed by atoms with E-state index >= 15 is 0 Å². The smallest absolute Gasteiger partial charge is 0.258 e. The van der Waals surface area contributed by atoms with Crippen LogP contribution in [-0.4, -0.2) is 23.0 Å². The van der Waals surface area contributed by atoms with Crippen LogP contribution in [0.4, 0.5) is 5.13 Å². The van der Waals surface area contributed by atoms with Gasteiger partial charge in [0.2, 0.25) is 0 Å². The summed E-state index contributed by atoms with van der Waals surface area (Å²) in [5.41, 5.74) is 4.05. The largest absolute Gasteiger partial charge is 0.494 e. The minimum absolute atomic E-state index is 0.191. The van der Waals surface area contributed by atoms with Gasteiger partial charge in [0.1, 0.15) is 11.3 Å². The van der Waals surface area contributed by atoms with E-state index in [0.717, 1.165) is 32.4 Å². The molecule has 0 aliphatic carbocycles. The Morgan fingerprint density at radius 3 is 2.77 bits per heavy atom. The molecule has 0 unspecified atom stereocenters. The summed E-state index contributed by atoms with van der Waals surface area (Å²) in [6, 6.07) is 13.5. The molecule has 1 N–H and O–H groups in total. The topological polar surface area (TPSA) is 64.1 Å². The summed E-state index contributed by atoms with van der Waals surface area (Å²) in [6.07, 6.45) is 0. The third-order valence-electron chi connectivity index (χ3n) is 4.16. The van der Waals surface area contributed by atoms with Crippen molar-refractivity contribution in [2.75, 3.05) is 12.4 Å². The van der Waals surface area contributed by atoms with Gasteiger partial charge in [0, 0.05) is 11.1 Å². The van der Waals surface area contributed by atoms with E-state index in [9.17, 15) is 4.79 Å². The Morgan fingerprint density at radius 1 is 1.12 bits per heavy atom. The number of rotatable bonds is 3. The van der Waals surface area contributed by atoms with E-state index in [0.29, 0.717) is 16.4 Å². The molecule has 1 amide bonds. The number of fused-ring (bicyclic) bond motifs is 2. The Kier molecular flexibility index (Phi) is 4.05. The van der Waals surface area contributed by atoms with Crippen LogP contribution in [-0.2, 0) is 0 Å². The maximum absolute atomic E-state index is 12.9. The number of anilines is 1. The number of benzene rings is 2. The normalized spacial score (nSPS) is 11.0. The highest BCUT2D eigenvalue weighted by Gasteiger charge is 2.15. The summed E-state index contributed by atoms with van der Waals surface area (Å²) in [5, 5.41) is 4.31.